The summed E-state index contributed by atoms with van der Waals surface area (Å²) in [5.74, 6) is -0.351. The molecule has 3 rings (SSSR count). The maximum absolute atomic E-state index is 12.4. The summed E-state index contributed by atoms with van der Waals surface area (Å²) in [7, 11) is 0. The summed E-state index contributed by atoms with van der Waals surface area (Å²) in [5, 5.41) is 3.14. The lowest BCUT2D eigenvalue weighted by atomic mass is 10.0. The third-order valence-electron chi connectivity index (χ3n) is 3.99. The molecule has 0 saturated carbocycles. The van der Waals surface area contributed by atoms with Crippen molar-refractivity contribution in [2.24, 2.45) is 0 Å². The first-order chi connectivity index (χ1) is 13.6. The Labute approximate surface area is 169 Å². The summed E-state index contributed by atoms with van der Waals surface area (Å²) in [5.41, 5.74) is 8.05. The van der Waals surface area contributed by atoms with E-state index >= 15 is 0 Å². The summed E-state index contributed by atoms with van der Waals surface area (Å²) in [4.78, 5) is 16.4. The van der Waals surface area contributed by atoms with Gasteiger partial charge in [-0.25, -0.2) is 4.98 Å². The van der Waals surface area contributed by atoms with E-state index < -0.39 is 6.36 Å². The number of nitrogens with two attached hydrogens (primary N) is 1. The van der Waals surface area contributed by atoms with Gasteiger partial charge in [-0.3, -0.25) is 4.79 Å². The minimum Gasteiger partial charge on any atom is -0.406 e. The third-order valence-corrected chi connectivity index (χ3v) is 4.25. The van der Waals surface area contributed by atoms with Gasteiger partial charge in [0.05, 0.1) is 0 Å². The van der Waals surface area contributed by atoms with Crippen molar-refractivity contribution in [3.63, 3.8) is 0 Å². The number of anilines is 2. The van der Waals surface area contributed by atoms with Gasteiger partial charge in [0.25, 0.3) is 5.91 Å². The highest BCUT2D eigenvalue weighted by atomic mass is 35.5. The van der Waals surface area contributed by atoms with Crippen molar-refractivity contribution in [2.75, 3.05) is 11.1 Å². The van der Waals surface area contributed by atoms with Crippen LogP contribution in [0.1, 0.15) is 15.9 Å². The molecular weight excluding hydrogens is 407 g/mol. The first-order valence-corrected chi connectivity index (χ1v) is 8.70. The van der Waals surface area contributed by atoms with E-state index in [4.69, 9.17) is 17.3 Å². The van der Waals surface area contributed by atoms with Gasteiger partial charge in [-0.2, -0.15) is 0 Å². The van der Waals surface area contributed by atoms with Gasteiger partial charge in [0.15, 0.2) is 0 Å². The molecule has 3 aromatic rings. The quantitative estimate of drug-likeness (QED) is 0.587. The minimum absolute atomic E-state index is 0.117. The van der Waals surface area contributed by atoms with Gasteiger partial charge < -0.3 is 15.8 Å². The molecule has 0 aliphatic carbocycles. The van der Waals surface area contributed by atoms with E-state index in [2.05, 4.69) is 15.0 Å². The zero-order valence-corrected chi connectivity index (χ0v) is 15.8. The van der Waals surface area contributed by atoms with Crippen LogP contribution in [0, 0.1) is 6.92 Å². The van der Waals surface area contributed by atoms with Gasteiger partial charge in [0.2, 0.25) is 0 Å². The van der Waals surface area contributed by atoms with Gasteiger partial charge in [0.1, 0.15) is 17.4 Å². The van der Waals surface area contributed by atoms with Crippen molar-refractivity contribution in [2.45, 2.75) is 13.3 Å². The number of benzene rings is 2. The zero-order chi connectivity index (χ0) is 21.2. The highest BCUT2D eigenvalue weighted by Crippen LogP contribution is 2.32. The Kier molecular flexibility index (Phi) is 5.65. The number of nitrogens with zero attached hydrogens (tertiary/aromatic N) is 1. The molecular formula is C20H15ClF3N3O2. The molecule has 1 heterocycles. The first kappa shape index (κ1) is 20.5. The molecule has 0 aliphatic rings. The molecule has 0 radical (unpaired) electrons. The Morgan fingerprint density at radius 2 is 1.72 bits per heavy atom. The van der Waals surface area contributed by atoms with E-state index in [1.165, 1.54) is 18.2 Å². The molecule has 0 saturated heterocycles. The number of hydrogen-bond acceptors (Lipinski definition) is 4. The lowest BCUT2D eigenvalue weighted by Gasteiger charge is -2.13. The lowest BCUT2D eigenvalue weighted by molar-refractivity contribution is -0.274. The van der Waals surface area contributed by atoms with Crippen LogP contribution in [-0.2, 0) is 0 Å². The van der Waals surface area contributed by atoms with Crippen molar-refractivity contribution in [1.29, 1.82) is 0 Å². The van der Waals surface area contributed by atoms with Gasteiger partial charge in [-0.05, 0) is 66.6 Å². The van der Waals surface area contributed by atoms with E-state index in [-0.39, 0.29) is 23.3 Å². The number of ether oxygens (including phenoxy) is 1. The second kappa shape index (κ2) is 8.00. The van der Waals surface area contributed by atoms with Crippen molar-refractivity contribution >= 4 is 29.1 Å². The number of carbonyl (C=O) groups is 1. The lowest BCUT2D eigenvalue weighted by Crippen LogP contribution is -2.17. The number of carbonyl (C=O) groups excluding carboxylic acids is 1. The number of halogens is 4. The van der Waals surface area contributed by atoms with Crippen molar-refractivity contribution in [3.8, 4) is 16.9 Å². The molecule has 0 spiro atoms. The number of nitrogens with one attached hydrogen (secondary N) is 1. The number of aromatic nitrogens is 1. The summed E-state index contributed by atoms with van der Waals surface area (Å²) in [6.07, 6.45) is -4.77. The fourth-order valence-corrected chi connectivity index (χ4v) is 2.82. The number of alkyl halides is 3. The van der Waals surface area contributed by atoms with Crippen LogP contribution in [0.5, 0.6) is 5.75 Å². The van der Waals surface area contributed by atoms with Crippen LogP contribution >= 0.6 is 11.6 Å². The Balaban J connectivity index is 1.80. The molecule has 2 aromatic carbocycles. The number of aryl methyl sites for hydroxylation is 1. The fraction of sp³-hybridized carbons (Fsp3) is 0.100. The largest absolute Gasteiger partial charge is 0.573 e. The topological polar surface area (TPSA) is 77.2 Å². The molecule has 9 heteroatoms. The molecule has 29 heavy (non-hydrogen) atoms. The van der Waals surface area contributed by atoms with E-state index in [0.29, 0.717) is 27.3 Å². The van der Waals surface area contributed by atoms with E-state index in [9.17, 15) is 18.0 Å². The SMILES string of the molecule is Cc1cc(OC(F)(F)F)ccc1-c1ccc(NC(=O)c2ccc(Cl)cc2)nc1N. The van der Waals surface area contributed by atoms with Gasteiger partial charge in [0, 0.05) is 16.1 Å². The van der Waals surface area contributed by atoms with Gasteiger partial charge in [-0.1, -0.05) is 17.7 Å². The average molecular weight is 422 g/mol. The van der Waals surface area contributed by atoms with Crippen LogP contribution in [0.4, 0.5) is 24.8 Å². The van der Waals surface area contributed by atoms with Crippen LogP contribution in [0.15, 0.2) is 54.6 Å². The predicted octanol–water partition coefficient (Wildman–Crippen LogP) is 5.44. The molecule has 0 bridgehead atoms. The Bertz CT molecular complexity index is 1050. The monoisotopic (exact) mass is 421 g/mol. The fourth-order valence-electron chi connectivity index (χ4n) is 2.70. The summed E-state index contributed by atoms with van der Waals surface area (Å²) < 4.78 is 41.0. The van der Waals surface area contributed by atoms with E-state index in [1.54, 1.807) is 43.3 Å². The predicted molar refractivity (Wildman–Crippen MR) is 105 cm³/mol. The second-order valence-corrected chi connectivity index (χ2v) is 6.55. The number of hydrogen-bond donors (Lipinski definition) is 2. The van der Waals surface area contributed by atoms with Crippen molar-refractivity contribution < 1.29 is 22.7 Å². The molecule has 0 unspecified atom stereocenters. The minimum atomic E-state index is -4.77. The average Bonchev–Trinajstić information content (AvgIpc) is 2.62. The van der Waals surface area contributed by atoms with Crippen LogP contribution < -0.4 is 15.8 Å². The van der Waals surface area contributed by atoms with Crippen molar-refractivity contribution in [3.05, 3.63) is 70.7 Å². The highest BCUT2D eigenvalue weighted by Gasteiger charge is 2.31. The Morgan fingerprint density at radius 1 is 1.07 bits per heavy atom. The number of amides is 1. The van der Waals surface area contributed by atoms with Gasteiger partial charge >= 0.3 is 6.36 Å². The molecule has 0 aliphatic heterocycles. The van der Waals surface area contributed by atoms with Crippen LogP contribution in [0.2, 0.25) is 5.02 Å². The molecule has 1 amide bonds. The van der Waals surface area contributed by atoms with Crippen LogP contribution in [0.25, 0.3) is 11.1 Å². The van der Waals surface area contributed by atoms with E-state index in [0.717, 1.165) is 0 Å². The third kappa shape index (κ3) is 5.17. The summed E-state index contributed by atoms with van der Waals surface area (Å²) in [6.45, 7) is 1.63. The highest BCUT2D eigenvalue weighted by molar-refractivity contribution is 6.30. The number of rotatable bonds is 4. The summed E-state index contributed by atoms with van der Waals surface area (Å²) in [6, 6.07) is 13.4. The molecule has 0 atom stereocenters. The molecule has 3 N–H and O–H groups in total. The van der Waals surface area contributed by atoms with Crippen LogP contribution in [-0.4, -0.2) is 17.3 Å². The maximum atomic E-state index is 12.4. The van der Waals surface area contributed by atoms with Gasteiger partial charge in [-0.15, -0.1) is 13.2 Å². The Morgan fingerprint density at radius 3 is 2.31 bits per heavy atom. The van der Waals surface area contributed by atoms with E-state index in [1.807, 2.05) is 0 Å². The molecule has 0 fully saturated rings. The second-order valence-electron chi connectivity index (χ2n) is 6.11. The molecule has 150 valence electrons. The van der Waals surface area contributed by atoms with Crippen LogP contribution in [0.3, 0.4) is 0 Å². The zero-order valence-electron chi connectivity index (χ0n) is 15.0. The maximum Gasteiger partial charge on any atom is 0.573 e. The first-order valence-electron chi connectivity index (χ1n) is 8.32. The molecule has 5 nitrogen and oxygen atoms in total. The smallest absolute Gasteiger partial charge is 0.406 e. The molecule has 1 aromatic heterocycles. The number of nitrogen functional groups attached to an aromatic ring is 1. The number of pyridine rings is 1. The normalized spacial score (nSPS) is 11.2. The standard InChI is InChI=1S/C20H15ClF3N3O2/c1-11-10-14(29-20(22,23)24)6-7-15(11)16-8-9-17(26-18(16)25)27-19(28)12-2-4-13(21)5-3-12/h2-10H,1H3,(H3,25,26,27,28). The summed E-state index contributed by atoms with van der Waals surface area (Å²) >= 11 is 5.80. The van der Waals surface area contributed by atoms with Crippen molar-refractivity contribution in [1.82, 2.24) is 4.98 Å². The Hall–Kier alpha value is -3.26.